The minimum atomic E-state index is -4.41. The van der Waals surface area contributed by atoms with Crippen molar-refractivity contribution in [3.8, 4) is 0 Å². The molecular formula is C14H15BrF3N3. The average Bonchev–Trinajstić information content (AvgIpc) is 2.88. The predicted octanol–water partition coefficient (Wildman–Crippen LogP) is 3.99. The second-order valence-electron chi connectivity index (χ2n) is 4.52. The van der Waals surface area contributed by atoms with Crippen LogP contribution in [-0.4, -0.2) is 16.8 Å². The van der Waals surface area contributed by atoms with E-state index in [1.54, 1.807) is 30.1 Å². The number of halogens is 4. The summed E-state index contributed by atoms with van der Waals surface area (Å²) in [6.07, 6.45) is -2.82. The molecule has 0 bridgehead atoms. The van der Waals surface area contributed by atoms with Crippen LogP contribution in [0.3, 0.4) is 0 Å². The maximum atomic E-state index is 13.3. The van der Waals surface area contributed by atoms with E-state index >= 15 is 0 Å². The van der Waals surface area contributed by atoms with Crippen LogP contribution in [0.2, 0.25) is 0 Å². The van der Waals surface area contributed by atoms with Gasteiger partial charge in [0.15, 0.2) is 0 Å². The van der Waals surface area contributed by atoms with E-state index < -0.39 is 17.8 Å². The number of aryl methyl sites for hydroxylation is 1. The van der Waals surface area contributed by atoms with E-state index in [0.717, 1.165) is 6.07 Å². The number of benzene rings is 1. The SMILES string of the molecule is CCn1nccc1C(NC)c1ccc(Br)cc1C(F)(F)F. The molecule has 0 aliphatic heterocycles. The summed E-state index contributed by atoms with van der Waals surface area (Å²) in [7, 11) is 1.64. The van der Waals surface area contributed by atoms with Gasteiger partial charge in [0.2, 0.25) is 0 Å². The van der Waals surface area contributed by atoms with Crippen molar-refractivity contribution >= 4 is 15.9 Å². The molecule has 0 spiro atoms. The molecule has 2 rings (SSSR count). The van der Waals surface area contributed by atoms with Crippen LogP contribution in [0.1, 0.15) is 29.8 Å². The monoisotopic (exact) mass is 361 g/mol. The van der Waals surface area contributed by atoms with Crippen molar-refractivity contribution in [1.82, 2.24) is 15.1 Å². The van der Waals surface area contributed by atoms with Gasteiger partial charge in [-0.3, -0.25) is 4.68 Å². The molecule has 0 aliphatic carbocycles. The zero-order valence-corrected chi connectivity index (χ0v) is 13.2. The summed E-state index contributed by atoms with van der Waals surface area (Å²) < 4.78 is 41.9. The number of nitrogens with one attached hydrogen (secondary N) is 1. The van der Waals surface area contributed by atoms with Gasteiger partial charge in [-0.25, -0.2) is 0 Å². The quantitative estimate of drug-likeness (QED) is 0.891. The summed E-state index contributed by atoms with van der Waals surface area (Å²) in [5.74, 6) is 0. The lowest BCUT2D eigenvalue weighted by atomic mass is 9.97. The molecule has 0 saturated heterocycles. The molecule has 1 heterocycles. The Morgan fingerprint density at radius 3 is 2.62 bits per heavy atom. The number of hydrogen-bond donors (Lipinski definition) is 1. The van der Waals surface area contributed by atoms with E-state index in [4.69, 9.17) is 0 Å². The van der Waals surface area contributed by atoms with Crippen LogP contribution in [0, 0.1) is 0 Å². The third-order valence-electron chi connectivity index (χ3n) is 3.27. The van der Waals surface area contributed by atoms with Crippen molar-refractivity contribution in [2.75, 3.05) is 7.05 Å². The number of alkyl halides is 3. The van der Waals surface area contributed by atoms with E-state index in [9.17, 15) is 13.2 Å². The summed E-state index contributed by atoms with van der Waals surface area (Å²) in [4.78, 5) is 0. The van der Waals surface area contributed by atoms with Gasteiger partial charge in [0, 0.05) is 17.2 Å². The summed E-state index contributed by atoms with van der Waals surface area (Å²) in [6.45, 7) is 2.49. The van der Waals surface area contributed by atoms with Gasteiger partial charge in [-0.1, -0.05) is 22.0 Å². The molecule has 21 heavy (non-hydrogen) atoms. The average molecular weight is 362 g/mol. The molecule has 0 aliphatic rings. The lowest BCUT2D eigenvalue weighted by molar-refractivity contribution is -0.138. The Balaban J connectivity index is 2.58. The van der Waals surface area contributed by atoms with Crippen molar-refractivity contribution in [2.45, 2.75) is 25.7 Å². The zero-order valence-electron chi connectivity index (χ0n) is 11.6. The molecule has 3 nitrogen and oxygen atoms in total. The van der Waals surface area contributed by atoms with Gasteiger partial charge in [0.25, 0.3) is 0 Å². The van der Waals surface area contributed by atoms with Crippen LogP contribution in [0.25, 0.3) is 0 Å². The minimum absolute atomic E-state index is 0.184. The number of nitrogens with zero attached hydrogens (tertiary/aromatic N) is 2. The fourth-order valence-corrected chi connectivity index (χ4v) is 2.70. The maximum absolute atomic E-state index is 13.3. The molecule has 1 unspecified atom stereocenters. The largest absolute Gasteiger partial charge is 0.416 e. The van der Waals surface area contributed by atoms with Gasteiger partial charge < -0.3 is 5.32 Å². The predicted molar refractivity (Wildman–Crippen MR) is 77.9 cm³/mol. The minimum Gasteiger partial charge on any atom is -0.308 e. The molecular weight excluding hydrogens is 347 g/mol. The molecule has 2 aromatic rings. The molecule has 0 fully saturated rings. The Bertz CT molecular complexity index is 622. The summed E-state index contributed by atoms with van der Waals surface area (Å²) in [5, 5.41) is 7.08. The standard InChI is InChI=1S/C14H15BrF3N3/c1-3-21-12(6-7-20-21)13(19-2)10-5-4-9(15)8-11(10)14(16,17)18/h4-8,13,19H,3H2,1-2H3. The van der Waals surface area contributed by atoms with Crippen molar-refractivity contribution in [2.24, 2.45) is 0 Å². The summed E-state index contributed by atoms with van der Waals surface area (Å²) in [5.41, 5.74) is 0.233. The smallest absolute Gasteiger partial charge is 0.308 e. The van der Waals surface area contributed by atoms with Crippen molar-refractivity contribution < 1.29 is 13.2 Å². The van der Waals surface area contributed by atoms with Crippen molar-refractivity contribution in [3.05, 3.63) is 51.8 Å². The first-order valence-corrected chi connectivity index (χ1v) is 7.23. The molecule has 1 atom stereocenters. The normalized spacial score (nSPS) is 13.4. The number of rotatable bonds is 4. The van der Waals surface area contributed by atoms with Crippen LogP contribution in [0.15, 0.2) is 34.9 Å². The van der Waals surface area contributed by atoms with E-state index in [1.807, 2.05) is 6.92 Å². The molecule has 7 heteroatoms. The zero-order chi connectivity index (χ0) is 15.6. The number of aromatic nitrogens is 2. The summed E-state index contributed by atoms with van der Waals surface area (Å²) in [6, 6.07) is 5.36. The Hall–Kier alpha value is -1.34. The Labute approximate surface area is 129 Å². The first-order chi connectivity index (χ1) is 9.88. The molecule has 1 N–H and O–H groups in total. The first-order valence-electron chi connectivity index (χ1n) is 6.44. The highest BCUT2D eigenvalue weighted by atomic mass is 79.9. The van der Waals surface area contributed by atoms with Crippen molar-refractivity contribution in [3.63, 3.8) is 0 Å². The van der Waals surface area contributed by atoms with Gasteiger partial charge in [-0.05, 0) is 37.7 Å². The number of hydrogen-bond acceptors (Lipinski definition) is 2. The molecule has 1 aromatic heterocycles. The summed E-state index contributed by atoms with van der Waals surface area (Å²) >= 11 is 3.10. The van der Waals surface area contributed by atoms with Gasteiger partial charge in [0.05, 0.1) is 17.3 Å². The second-order valence-corrected chi connectivity index (χ2v) is 5.44. The highest BCUT2D eigenvalue weighted by Gasteiger charge is 2.36. The van der Waals surface area contributed by atoms with Gasteiger partial charge in [-0.2, -0.15) is 18.3 Å². The molecule has 0 amide bonds. The molecule has 114 valence electrons. The lowest BCUT2D eigenvalue weighted by Crippen LogP contribution is -2.24. The van der Waals surface area contributed by atoms with E-state index in [-0.39, 0.29) is 5.56 Å². The van der Waals surface area contributed by atoms with Crippen LogP contribution in [-0.2, 0) is 12.7 Å². The van der Waals surface area contributed by atoms with Crippen LogP contribution >= 0.6 is 15.9 Å². The third kappa shape index (κ3) is 3.29. The Morgan fingerprint density at radius 1 is 1.33 bits per heavy atom. The van der Waals surface area contributed by atoms with Crippen molar-refractivity contribution in [1.29, 1.82) is 0 Å². The molecule has 0 radical (unpaired) electrons. The molecule has 1 aromatic carbocycles. The van der Waals surface area contributed by atoms with E-state index in [2.05, 4.69) is 26.3 Å². The van der Waals surface area contributed by atoms with E-state index in [0.29, 0.717) is 16.7 Å². The Morgan fingerprint density at radius 2 is 2.05 bits per heavy atom. The first kappa shape index (κ1) is 16.0. The van der Waals surface area contributed by atoms with Gasteiger partial charge in [0.1, 0.15) is 0 Å². The maximum Gasteiger partial charge on any atom is 0.416 e. The third-order valence-corrected chi connectivity index (χ3v) is 3.76. The molecule has 0 saturated carbocycles. The highest BCUT2D eigenvalue weighted by molar-refractivity contribution is 9.10. The Kier molecular flexibility index (Phi) is 4.73. The lowest BCUT2D eigenvalue weighted by Gasteiger charge is -2.22. The van der Waals surface area contributed by atoms with Gasteiger partial charge in [-0.15, -0.1) is 0 Å². The fraction of sp³-hybridized carbons (Fsp3) is 0.357. The van der Waals surface area contributed by atoms with Crippen LogP contribution in [0.5, 0.6) is 0 Å². The van der Waals surface area contributed by atoms with Crippen LogP contribution < -0.4 is 5.32 Å². The topological polar surface area (TPSA) is 29.9 Å². The highest BCUT2D eigenvalue weighted by Crippen LogP contribution is 2.38. The van der Waals surface area contributed by atoms with E-state index in [1.165, 1.54) is 6.07 Å². The fourth-order valence-electron chi connectivity index (χ4n) is 2.34. The second kappa shape index (κ2) is 6.19. The van der Waals surface area contributed by atoms with Crippen LogP contribution in [0.4, 0.5) is 13.2 Å². The van der Waals surface area contributed by atoms with Gasteiger partial charge >= 0.3 is 6.18 Å².